The van der Waals surface area contributed by atoms with Gasteiger partial charge in [-0.05, 0) is 25.8 Å². The third-order valence-electron chi connectivity index (χ3n) is 5.27. The number of rotatable bonds is 5. The normalized spacial score (nSPS) is 22.3. The van der Waals surface area contributed by atoms with Gasteiger partial charge in [0.05, 0.1) is 28.0 Å². The maximum atomic E-state index is 12.4. The molecule has 0 aromatic heterocycles. The van der Waals surface area contributed by atoms with Gasteiger partial charge in [-0.25, -0.2) is 0 Å². The summed E-state index contributed by atoms with van der Waals surface area (Å²) in [6.07, 6.45) is 3.37. The van der Waals surface area contributed by atoms with Gasteiger partial charge in [0.2, 0.25) is 17.7 Å². The summed E-state index contributed by atoms with van der Waals surface area (Å²) in [6, 6.07) is 4.45. The van der Waals surface area contributed by atoms with Gasteiger partial charge in [-0.1, -0.05) is 18.9 Å². The molecule has 0 spiro atoms. The molecule has 1 saturated heterocycles. The summed E-state index contributed by atoms with van der Waals surface area (Å²) in [4.78, 5) is 48.7. The Morgan fingerprint density at radius 1 is 1.23 bits per heavy atom. The van der Waals surface area contributed by atoms with E-state index in [4.69, 9.17) is 0 Å². The monoisotopic (exact) mass is 359 g/mol. The van der Waals surface area contributed by atoms with Gasteiger partial charge >= 0.3 is 0 Å². The SMILES string of the molecule is Cc1c(NC(=O)CCN2C(=O)C3CCCCC3C2=O)cccc1[N+](=O)[O-]. The summed E-state index contributed by atoms with van der Waals surface area (Å²) >= 11 is 0. The Morgan fingerprint density at radius 3 is 2.42 bits per heavy atom. The van der Waals surface area contributed by atoms with Crippen molar-refractivity contribution in [2.75, 3.05) is 11.9 Å². The fraction of sp³-hybridized carbons (Fsp3) is 0.500. The molecule has 0 radical (unpaired) electrons. The van der Waals surface area contributed by atoms with E-state index < -0.39 is 4.92 Å². The smallest absolute Gasteiger partial charge is 0.274 e. The van der Waals surface area contributed by atoms with Gasteiger partial charge in [-0.2, -0.15) is 0 Å². The summed E-state index contributed by atoms with van der Waals surface area (Å²) in [6.45, 7) is 1.61. The third-order valence-corrected chi connectivity index (χ3v) is 5.27. The quantitative estimate of drug-likeness (QED) is 0.493. The molecule has 8 heteroatoms. The predicted molar refractivity (Wildman–Crippen MR) is 93.2 cm³/mol. The highest BCUT2D eigenvalue weighted by Gasteiger charge is 2.47. The van der Waals surface area contributed by atoms with Crippen LogP contribution < -0.4 is 5.32 Å². The van der Waals surface area contributed by atoms with E-state index in [2.05, 4.69) is 5.32 Å². The predicted octanol–water partition coefficient (Wildman–Crippen LogP) is 2.41. The lowest BCUT2D eigenvalue weighted by molar-refractivity contribution is -0.385. The first kappa shape index (κ1) is 18.0. The molecule has 1 heterocycles. The van der Waals surface area contributed by atoms with Crippen molar-refractivity contribution >= 4 is 29.1 Å². The minimum absolute atomic E-state index is 0.0287. The van der Waals surface area contributed by atoms with E-state index in [0.29, 0.717) is 11.3 Å². The second kappa shape index (κ2) is 7.23. The standard InChI is InChI=1S/C18H21N3O5/c1-11-14(7-4-8-15(11)21(25)26)19-16(22)9-10-20-17(23)12-5-2-3-6-13(12)18(20)24/h4,7-8,12-13H,2-3,5-6,9-10H2,1H3,(H,19,22). The highest BCUT2D eigenvalue weighted by molar-refractivity contribution is 6.05. The van der Waals surface area contributed by atoms with Crippen LogP contribution in [-0.4, -0.2) is 34.1 Å². The summed E-state index contributed by atoms with van der Waals surface area (Å²) in [5, 5.41) is 13.6. The van der Waals surface area contributed by atoms with Crippen LogP contribution in [0.2, 0.25) is 0 Å². The van der Waals surface area contributed by atoms with Crippen LogP contribution in [0.15, 0.2) is 18.2 Å². The number of likely N-dealkylation sites (tertiary alicyclic amines) is 1. The molecule has 138 valence electrons. The van der Waals surface area contributed by atoms with Crippen molar-refractivity contribution in [3.63, 3.8) is 0 Å². The molecule has 1 aromatic carbocycles. The number of anilines is 1. The number of hydrogen-bond donors (Lipinski definition) is 1. The van der Waals surface area contributed by atoms with Crippen molar-refractivity contribution in [2.24, 2.45) is 11.8 Å². The molecule has 1 aliphatic carbocycles. The number of hydrogen-bond acceptors (Lipinski definition) is 5. The van der Waals surface area contributed by atoms with Gasteiger partial charge in [0.25, 0.3) is 5.69 Å². The zero-order valence-electron chi connectivity index (χ0n) is 14.6. The molecule has 1 aliphatic heterocycles. The number of nitrogens with one attached hydrogen (secondary N) is 1. The fourth-order valence-corrected chi connectivity index (χ4v) is 3.83. The zero-order valence-corrected chi connectivity index (χ0v) is 14.6. The van der Waals surface area contributed by atoms with Crippen LogP contribution in [-0.2, 0) is 14.4 Å². The Morgan fingerprint density at radius 2 is 1.85 bits per heavy atom. The Bertz CT molecular complexity index is 752. The molecule has 2 atom stereocenters. The highest BCUT2D eigenvalue weighted by atomic mass is 16.6. The van der Waals surface area contributed by atoms with Gasteiger partial charge in [-0.15, -0.1) is 0 Å². The van der Waals surface area contributed by atoms with E-state index in [-0.39, 0.29) is 48.2 Å². The van der Waals surface area contributed by atoms with Crippen LogP contribution in [0, 0.1) is 28.9 Å². The third kappa shape index (κ3) is 3.31. The number of benzene rings is 1. The van der Waals surface area contributed by atoms with E-state index in [1.54, 1.807) is 13.0 Å². The first-order valence-electron chi connectivity index (χ1n) is 8.79. The number of carbonyl (C=O) groups excluding carboxylic acids is 3. The van der Waals surface area contributed by atoms with Crippen molar-refractivity contribution in [2.45, 2.75) is 39.0 Å². The Labute approximate surface area is 150 Å². The summed E-state index contributed by atoms with van der Waals surface area (Å²) in [7, 11) is 0. The molecule has 1 aromatic rings. The fourth-order valence-electron chi connectivity index (χ4n) is 3.83. The largest absolute Gasteiger partial charge is 0.326 e. The van der Waals surface area contributed by atoms with Crippen molar-refractivity contribution in [1.82, 2.24) is 4.90 Å². The molecule has 2 fully saturated rings. The topological polar surface area (TPSA) is 110 Å². The molecular formula is C18H21N3O5. The molecule has 3 rings (SSSR count). The lowest BCUT2D eigenvalue weighted by Gasteiger charge is -2.19. The van der Waals surface area contributed by atoms with Gasteiger partial charge in [0.15, 0.2) is 0 Å². The summed E-state index contributed by atoms with van der Waals surface area (Å²) in [5.41, 5.74) is 0.652. The molecule has 1 saturated carbocycles. The Balaban J connectivity index is 1.61. The van der Waals surface area contributed by atoms with Crippen LogP contribution in [0.4, 0.5) is 11.4 Å². The maximum Gasteiger partial charge on any atom is 0.274 e. The second-order valence-corrected chi connectivity index (χ2v) is 6.83. The Kier molecular flexibility index (Phi) is 5.01. The summed E-state index contributed by atoms with van der Waals surface area (Å²) < 4.78 is 0. The molecule has 1 N–H and O–H groups in total. The van der Waals surface area contributed by atoms with Gasteiger partial charge in [0.1, 0.15) is 0 Å². The van der Waals surface area contributed by atoms with Crippen molar-refractivity contribution in [1.29, 1.82) is 0 Å². The van der Waals surface area contributed by atoms with E-state index >= 15 is 0 Å². The van der Waals surface area contributed by atoms with Crippen molar-refractivity contribution < 1.29 is 19.3 Å². The van der Waals surface area contributed by atoms with Gasteiger partial charge in [-0.3, -0.25) is 29.4 Å². The van der Waals surface area contributed by atoms with E-state index in [0.717, 1.165) is 25.7 Å². The molecule has 0 bridgehead atoms. The molecular weight excluding hydrogens is 338 g/mol. The molecule has 26 heavy (non-hydrogen) atoms. The number of nitro groups is 1. The van der Waals surface area contributed by atoms with Gasteiger partial charge < -0.3 is 5.32 Å². The van der Waals surface area contributed by atoms with Crippen LogP contribution in [0.25, 0.3) is 0 Å². The number of nitrogens with zero attached hydrogens (tertiary/aromatic N) is 2. The number of imide groups is 1. The minimum Gasteiger partial charge on any atom is -0.326 e. The van der Waals surface area contributed by atoms with Crippen molar-refractivity contribution in [3.8, 4) is 0 Å². The maximum absolute atomic E-state index is 12.4. The molecule has 2 aliphatic rings. The lowest BCUT2D eigenvalue weighted by Crippen LogP contribution is -2.34. The number of amides is 3. The van der Waals surface area contributed by atoms with E-state index in [1.807, 2.05) is 0 Å². The van der Waals surface area contributed by atoms with E-state index in [9.17, 15) is 24.5 Å². The van der Waals surface area contributed by atoms with Crippen LogP contribution in [0.1, 0.15) is 37.7 Å². The van der Waals surface area contributed by atoms with Crippen LogP contribution >= 0.6 is 0 Å². The average molecular weight is 359 g/mol. The first-order valence-corrected chi connectivity index (χ1v) is 8.79. The highest BCUT2D eigenvalue weighted by Crippen LogP contribution is 2.38. The minimum atomic E-state index is -0.506. The van der Waals surface area contributed by atoms with Gasteiger partial charge in [0, 0.05) is 19.0 Å². The summed E-state index contributed by atoms with van der Waals surface area (Å²) in [5.74, 6) is -1.17. The lowest BCUT2D eigenvalue weighted by atomic mass is 9.81. The zero-order chi connectivity index (χ0) is 18.8. The van der Waals surface area contributed by atoms with E-state index in [1.165, 1.54) is 17.0 Å². The number of nitro benzene ring substituents is 1. The number of fused-ring (bicyclic) bond motifs is 1. The molecule has 3 amide bonds. The first-order chi connectivity index (χ1) is 12.4. The molecule has 8 nitrogen and oxygen atoms in total. The molecule has 2 unspecified atom stereocenters. The number of carbonyl (C=O) groups is 3. The average Bonchev–Trinajstić information content (AvgIpc) is 2.86. The second-order valence-electron chi connectivity index (χ2n) is 6.83. The van der Waals surface area contributed by atoms with Crippen LogP contribution in [0.3, 0.4) is 0 Å². The van der Waals surface area contributed by atoms with Crippen molar-refractivity contribution in [3.05, 3.63) is 33.9 Å². The van der Waals surface area contributed by atoms with Crippen LogP contribution in [0.5, 0.6) is 0 Å². The Hall–Kier alpha value is -2.77.